The van der Waals surface area contributed by atoms with E-state index in [4.69, 9.17) is 11.0 Å². The Kier molecular flexibility index (Phi) is 3.11. The van der Waals surface area contributed by atoms with Crippen LogP contribution in [0.1, 0.15) is 0 Å². The van der Waals surface area contributed by atoms with Crippen LogP contribution in [-0.4, -0.2) is 14.2 Å². The molecular formula is C8H8FN3O2S. The summed E-state index contributed by atoms with van der Waals surface area (Å²) in [6.07, 6.45) is 0. The highest BCUT2D eigenvalue weighted by Gasteiger charge is 2.14. The monoisotopic (exact) mass is 229 g/mol. The van der Waals surface area contributed by atoms with Gasteiger partial charge in [0.1, 0.15) is 11.5 Å². The Labute approximate surface area is 86.4 Å². The highest BCUT2D eigenvalue weighted by molar-refractivity contribution is 7.92. The van der Waals surface area contributed by atoms with E-state index < -0.39 is 21.6 Å². The molecule has 5 nitrogen and oxygen atoms in total. The quantitative estimate of drug-likeness (QED) is 0.744. The maximum atomic E-state index is 13.1. The Morgan fingerprint density at radius 2 is 2.20 bits per heavy atom. The first-order valence-electron chi connectivity index (χ1n) is 3.87. The van der Waals surface area contributed by atoms with Gasteiger partial charge in [0.2, 0.25) is 10.0 Å². The molecule has 1 aromatic rings. The molecule has 0 saturated carbocycles. The predicted octanol–water partition coefficient (Wildman–Crippen LogP) is 0.673. The Bertz CT molecular complexity index is 487. The molecule has 0 aromatic heterocycles. The van der Waals surface area contributed by atoms with Crippen molar-refractivity contribution >= 4 is 21.4 Å². The van der Waals surface area contributed by atoms with E-state index in [1.54, 1.807) is 0 Å². The van der Waals surface area contributed by atoms with Gasteiger partial charge in [-0.2, -0.15) is 5.26 Å². The molecule has 0 heterocycles. The topological polar surface area (TPSA) is 96.0 Å². The average Bonchev–Trinajstić information content (AvgIpc) is 2.11. The lowest BCUT2D eigenvalue weighted by Crippen LogP contribution is -2.17. The van der Waals surface area contributed by atoms with Crippen molar-refractivity contribution in [2.75, 3.05) is 16.2 Å². The van der Waals surface area contributed by atoms with E-state index in [-0.39, 0.29) is 11.4 Å². The molecular weight excluding hydrogens is 221 g/mol. The van der Waals surface area contributed by atoms with Gasteiger partial charge in [-0.25, -0.2) is 12.8 Å². The van der Waals surface area contributed by atoms with Gasteiger partial charge in [-0.05, 0) is 12.1 Å². The number of nitriles is 1. The van der Waals surface area contributed by atoms with Crippen LogP contribution in [-0.2, 0) is 10.0 Å². The molecule has 1 aromatic carbocycles. The Balaban J connectivity index is 3.06. The van der Waals surface area contributed by atoms with Gasteiger partial charge >= 0.3 is 0 Å². The van der Waals surface area contributed by atoms with E-state index in [2.05, 4.69) is 0 Å². The second-order valence-corrected chi connectivity index (χ2v) is 4.45. The summed E-state index contributed by atoms with van der Waals surface area (Å²) in [7, 11) is -3.86. The van der Waals surface area contributed by atoms with Crippen LogP contribution in [0, 0.1) is 17.1 Å². The van der Waals surface area contributed by atoms with Crippen LogP contribution in [0.4, 0.5) is 15.8 Å². The van der Waals surface area contributed by atoms with Gasteiger partial charge in [0, 0.05) is 0 Å². The third-order valence-corrected chi connectivity index (χ3v) is 2.58. The fraction of sp³-hybridized carbons (Fsp3) is 0.125. The molecule has 15 heavy (non-hydrogen) atoms. The van der Waals surface area contributed by atoms with Crippen molar-refractivity contribution in [2.45, 2.75) is 0 Å². The normalized spacial score (nSPS) is 10.7. The second kappa shape index (κ2) is 4.14. The lowest BCUT2D eigenvalue weighted by molar-refractivity contribution is 0.601. The number of nitrogens with one attached hydrogen (secondary N) is 1. The largest absolute Gasteiger partial charge is 0.397 e. The van der Waals surface area contributed by atoms with Gasteiger partial charge in [0.15, 0.2) is 5.75 Å². The summed E-state index contributed by atoms with van der Waals surface area (Å²) in [5.41, 5.74) is 5.02. The Hall–Kier alpha value is -1.81. The van der Waals surface area contributed by atoms with Gasteiger partial charge in [0.25, 0.3) is 0 Å². The lowest BCUT2D eigenvalue weighted by Gasteiger charge is -2.08. The minimum absolute atomic E-state index is 0.0310. The van der Waals surface area contributed by atoms with Gasteiger partial charge in [0.05, 0.1) is 11.8 Å². The zero-order valence-corrected chi connectivity index (χ0v) is 8.38. The van der Waals surface area contributed by atoms with Crippen LogP contribution in [0.5, 0.6) is 0 Å². The van der Waals surface area contributed by atoms with E-state index in [0.717, 1.165) is 6.07 Å². The van der Waals surface area contributed by atoms with Crippen molar-refractivity contribution in [3.05, 3.63) is 24.0 Å². The summed E-state index contributed by atoms with van der Waals surface area (Å²) in [5, 5.41) is 8.22. The first-order valence-corrected chi connectivity index (χ1v) is 5.53. The minimum Gasteiger partial charge on any atom is -0.397 e. The molecule has 0 saturated heterocycles. The van der Waals surface area contributed by atoms with Crippen LogP contribution in [0.15, 0.2) is 18.2 Å². The summed E-state index contributed by atoms with van der Waals surface area (Å²) < 4.78 is 37.3. The first kappa shape index (κ1) is 11.3. The lowest BCUT2D eigenvalue weighted by atomic mass is 10.3. The van der Waals surface area contributed by atoms with Gasteiger partial charge < -0.3 is 5.73 Å². The molecule has 3 N–H and O–H groups in total. The number of para-hydroxylation sites is 1. The van der Waals surface area contributed by atoms with Crippen molar-refractivity contribution in [3.8, 4) is 6.07 Å². The smallest absolute Gasteiger partial charge is 0.246 e. The summed E-state index contributed by atoms with van der Waals surface area (Å²) in [4.78, 5) is 0. The molecule has 7 heteroatoms. The summed E-state index contributed by atoms with van der Waals surface area (Å²) in [5.74, 6) is -1.53. The zero-order valence-electron chi connectivity index (χ0n) is 7.57. The number of hydrogen-bond donors (Lipinski definition) is 2. The maximum Gasteiger partial charge on any atom is 0.246 e. The van der Waals surface area contributed by atoms with Crippen molar-refractivity contribution in [1.82, 2.24) is 0 Å². The molecule has 0 bridgehead atoms. The number of sulfonamides is 1. The van der Waals surface area contributed by atoms with Gasteiger partial charge in [-0.15, -0.1) is 0 Å². The molecule has 0 amide bonds. The molecule has 0 atom stereocenters. The number of nitrogens with zero attached hydrogens (tertiary/aromatic N) is 1. The number of benzene rings is 1. The van der Waals surface area contributed by atoms with Crippen LogP contribution in [0.25, 0.3) is 0 Å². The van der Waals surface area contributed by atoms with Crippen LogP contribution in [0.2, 0.25) is 0 Å². The van der Waals surface area contributed by atoms with E-state index in [1.807, 2.05) is 4.72 Å². The molecule has 0 aliphatic carbocycles. The van der Waals surface area contributed by atoms with E-state index in [9.17, 15) is 12.8 Å². The average molecular weight is 229 g/mol. The molecule has 80 valence electrons. The molecule has 0 spiro atoms. The third kappa shape index (κ3) is 2.82. The van der Waals surface area contributed by atoms with E-state index in [0.29, 0.717) is 0 Å². The number of hydrogen-bond acceptors (Lipinski definition) is 4. The molecule has 0 aliphatic heterocycles. The van der Waals surface area contributed by atoms with E-state index >= 15 is 0 Å². The van der Waals surface area contributed by atoms with Crippen molar-refractivity contribution in [1.29, 1.82) is 5.26 Å². The predicted molar refractivity (Wildman–Crippen MR) is 53.8 cm³/mol. The summed E-state index contributed by atoms with van der Waals surface area (Å²) in [6, 6.07) is 5.23. The molecule has 0 radical (unpaired) electrons. The van der Waals surface area contributed by atoms with Gasteiger partial charge in [-0.3, -0.25) is 4.72 Å². The Morgan fingerprint density at radius 3 is 2.73 bits per heavy atom. The van der Waals surface area contributed by atoms with Crippen LogP contribution < -0.4 is 10.5 Å². The second-order valence-electron chi connectivity index (χ2n) is 2.72. The number of nitrogens with two attached hydrogens (primary N) is 1. The SMILES string of the molecule is N#CCS(=O)(=O)Nc1c(N)cccc1F. The molecule has 0 aliphatic rings. The molecule has 0 fully saturated rings. The van der Waals surface area contributed by atoms with E-state index in [1.165, 1.54) is 18.2 Å². The van der Waals surface area contributed by atoms with Crippen LogP contribution >= 0.6 is 0 Å². The third-order valence-electron chi connectivity index (χ3n) is 1.56. The number of rotatable bonds is 3. The zero-order chi connectivity index (χ0) is 11.5. The standard InChI is InChI=1S/C8H8FN3O2S/c9-6-2-1-3-7(11)8(6)12-15(13,14)5-4-10/h1-3,12H,5,11H2. The van der Waals surface area contributed by atoms with Crippen molar-refractivity contribution in [3.63, 3.8) is 0 Å². The van der Waals surface area contributed by atoms with Crippen molar-refractivity contribution in [2.24, 2.45) is 0 Å². The highest BCUT2D eigenvalue weighted by atomic mass is 32.2. The van der Waals surface area contributed by atoms with Crippen molar-refractivity contribution < 1.29 is 12.8 Å². The molecule has 0 unspecified atom stereocenters. The molecule has 1 rings (SSSR count). The fourth-order valence-electron chi connectivity index (χ4n) is 0.925. The Morgan fingerprint density at radius 1 is 1.53 bits per heavy atom. The highest BCUT2D eigenvalue weighted by Crippen LogP contribution is 2.22. The maximum absolute atomic E-state index is 13.1. The first-order chi connectivity index (χ1) is 6.96. The number of halogens is 1. The van der Waals surface area contributed by atoms with Crippen LogP contribution in [0.3, 0.4) is 0 Å². The number of anilines is 2. The number of nitrogen functional groups attached to an aromatic ring is 1. The minimum atomic E-state index is -3.86. The summed E-state index contributed by atoms with van der Waals surface area (Å²) in [6.45, 7) is 0. The fourth-order valence-corrected chi connectivity index (χ4v) is 1.69. The van der Waals surface area contributed by atoms with Gasteiger partial charge in [-0.1, -0.05) is 6.07 Å². The summed E-state index contributed by atoms with van der Waals surface area (Å²) >= 11 is 0.